The summed E-state index contributed by atoms with van der Waals surface area (Å²) in [7, 11) is 0. The molecule has 1 heterocycles. The Labute approximate surface area is 130 Å². The first-order valence-corrected chi connectivity index (χ1v) is 7.50. The number of morpholine rings is 1. The summed E-state index contributed by atoms with van der Waals surface area (Å²) in [5.74, 6) is 0.670. The van der Waals surface area contributed by atoms with Crippen LogP contribution in [-0.4, -0.2) is 48.5 Å². The van der Waals surface area contributed by atoms with Gasteiger partial charge in [-0.15, -0.1) is 0 Å². The van der Waals surface area contributed by atoms with E-state index in [0.29, 0.717) is 30.0 Å². The lowest BCUT2D eigenvalue weighted by molar-refractivity contribution is -0.0805. The van der Waals surface area contributed by atoms with E-state index in [1.807, 2.05) is 18.2 Å². The number of rotatable bonds is 6. The van der Waals surface area contributed by atoms with Crippen molar-refractivity contribution in [2.45, 2.75) is 25.6 Å². The third-order valence-corrected chi connectivity index (χ3v) is 3.87. The summed E-state index contributed by atoms with van der Waals surface area (Å²) in [5.41, 5.74) is 1.12. The van der Waals surface area contributed by atoms with Crippen molar-refractivity contribution < 1.29 is 14.6 Å². The Hall–Kier alpha value is -1.07. The van der Waals surface area contributed by atoms with Crippen molar-refractivity contribution in [1.29, 1.82) is 0 Å². The first-order valence-electron chi connectivity index (χ1n) is 7.12. The smallest absolute Gasteiger partial charge is 0.138 e. The minimum absolute atomic E-state index is 0.0539. The molecule has 2 unspecified atom stereocenters. The molecule has 0 bridgehead atoms. The summed E-state index contributed by atoms with van der Waals surface area (Å²) in [5, 5.41) is 9.83. The largest absolute Gasteiger partial charge is 0.488 e. The Morgan fingerprint density at radius 1 is 1.57 bits per heavy atom. The molecular formula is C16H22ClNO3. The Balaban J connectivity index is 2.01. The van der Waals surface area contributed by atoms with Gasteiger partial charge in [0.05, 0.1) is 24.3 Å². The van der Waals surface area contributed by atoms with Crippen LogP contribution in [0, 0.1) is 0 Å². The molecule has 21 heavy (non-hydrogen) atoms. The summed E-state index contributed by atoms with van der Waals surface area (Å²) in [6.45, 7) is 8.38. The minimum atomic E-state index is -0.105. The molecule has 0 aliphatic carbocycles. The fraction of sp³-hybridized carbons (Fsp3) is 0.500. The maximum Gasteiger partial charge on any atom is 0.138 e. The van der Waals surface area contributed by atoms with Gasteiger partial charge in [-0.2, -0.15) is 0 Å². The van der Waals surface area contributed by atoms with Gasteiger partial charge in [0.2, 0.25) is 0 Å². The van der Waals surface area contributed by atoms with Crippen LogP contribution in [0.4, 0.5) is 0 Å². The molecule has 1 aromatic rings. The molecular weight excluding hydrogens is 290 g/mol. The molecule has 0 amide bonds. The lowest BCUT2D eigenvalue weighted by Crippen LogP contribution is -2.48. The Bertz CT molecular complexity index is 481. The van der Waals surface area contributed by atoms with Gasteiger partial charge in [-0.05, 0) is 24.6 Å². The van der Waals surface area contributed by atoms with Crippen molar-refractivity contribution >= 4 is 11.6 Å². The Kier molecular flexibility index (Phi) is 6.06. The first-order chi connectivity index (χ1) is 10.1. The Morgan fingerprint density at radius 2 is 2.38 bits per heavy atom. The van der Waals surface area contributed by atoms with E-state index >= 15 is 0 Å². The molecule has 0 radical (unpaired) electrons. The monoisotopic (exact) mass is 311 g/mol. The summed E-state index contributed by atoms with van der Waals surface area (Å²) in [4.78, 5) is 2.29. The van der Waals surface area contributed by atoms with E-state index in [9.17, 15) is 5.11 Å². The third kappa shape index (κ3) is 4.45. The van der Waals surface area contributed by atoms with Crippen molar-refractivity contribution in [3.8, 4) is 5.75 Å². The van der Waals surface area contributed by atoms with E-state index in [1.54, 1.807) is 6.08 Å². The fourth-order valence-corrected chi connectivity index (χ4v) is 2.61. The van der Waals surface area contributed by atoms with E-state index < -0.39 is 0 Å². The number of hydrogen-bond donors (Lipinski definition) is 1. The standard InChI is InChI=1S/C16H22ClNO3/c1-3-6-20-16-5-4-13(7-15(16)17)8-18-9-14(10-19)21-11-12(18)2/h3-5,7,12,14,19H,1,6,8-11H2,2H3. The summed E-state index contributed by atoms with van der Waals surface area (Å²) >= 11 is 6.23. The van der Waals surface area contributed by atoms with Crippen molar-refractivity contribution in [3.05, 3.63) is 41.4 Å². The number of benzene rings is 1. The van der Waals surface area contributed by atoms with Gasteiger partial charge in [0.1, 0.15) is 12.4 Å². The molecule has 1 aromatic carbocycles. The van der Waals surface area contributed by atoms with Gasteiger partial charge in [0.25, 0.3) is 0 Å². The van der Waals surface area contributed by atoms with Crippen LogP contribution in [-0.2, 0) is 11.3 Å². The number of nitrogens with zero attached hydrogens (tertiary/aromatic N) is 1. The molecule has 116 valence electrons. The van der Waals surface area contributed by atoms with Gasteiger partial charge in [-0.3, -0.25) is 4.90 Å². The van der Waals surface area contributed by atoms with Crippen molar-refractivity contribution in [2.75, 3.05) is 26.4 Å². The summed E-state index contributed by atoms with van der Waals surface area (Å²) in [6, 6.07) is 6.15. The molecule has 2 rings (SSSR count). The van der Waals surface area contributed by atoms with Gasteiger partial charge in [0, 0.05) is 19.1 Å². The average molecular weight is 312 g/mol. The van der Waals surface area contributed by atoms with E-state index in [-0.39, 0.29) is 12.7 Å². The van der Waals surface area contributed by atoms with Crippen LogP contribution in [0.15, 0.2) is 30.9 Å². The highest BCUT2D eigenvalue weighted by Gasteiger charge is 2.25. The van der Waals surface area contributed by atoms with Crippen molar-refractivity contribution in [1.82, 2.24) is 4.90 Å². The van der Waals surface area contributed by atoms with Crippen LogP contribution >= 0.6 is 11.6 Å². The summed E-state index contributed by atoms with van der Waals surface area (Å²) < 4.78 is 11.0. The van der Waals surface area contributed by atoms with Gasteiger partial charge in [-0.1, -0.05) is 30.3 Å². The van der Waals surface area contributed by atoms with Gasteiger partial charge >= 0.3 is 0 Å². The highest BCUT2D eigenvalue weighted by Crippen LogP contribution is 2.26. The average Bonchev–Trinajstić information content (AvgIpc) is 2.49. The van der Waals surface area contributed by atoms with Gasteiger partial charge in [-0.25, -0.2) is 0 Å². The van der Waals surface area contributed by atoms with Crippen LogP contribution in [0.1, 0.15) is 12.5 Å². The number of hydrogen-bond acceptors (Lipinski definition) is 4. The first kappa shape index (κ1) is 16.3. The second-order valence-corrected chi connectivity index (χ2v) is 5.69. The van der Waals surface area contributed by atoms with Crippen molar-refractivity contribution in [2.24, 2.45) is 0 Å². The zero-order chi connectivity index (χ0) is 15.2. The van der Waals surface area contributed by atoms with E-state index in [1.165, 1.54) is 0 Å². The molecule has 0 spiro atoms. The highest BCUT2D eigenvalue weighted by molar-refractivity contribution is 6.32. The topological polar surface area (TPSA) is 41.9 Å². The molecule has 5 heteroatoms. The molecule has 0 aromatic heterocycles. The molecule has 1 N–H and O–H groups in total. The predicted molar refractivity (Wildman–Crippen MR) is 83.8 cm³/mol. The molecule has 2 atom stereocenters. The summed E-state index contributed by atoms with van der Waals surface area (Å²) in [6.07, 6.45) is 1.58. The molecule has 1 saturated heterocycles. The van der Waals surface area contributed by atoms with E-state index in [4.69, 9.17) is 21.1 Å². The predicted octanol–water partition coefficient (Wildman–Crippen LogP) is 2.49. The Morgan fingerprint density at radius 3 is 3.05 bits per heavy atom. The molecule has 1 fully saturated rings. The van der Waals surface area contributed by atoms with Crippen LogP contribution < -0.4 is 4.74 Å². The second kappa shape index (κ2) is 7.80. The van der Waals surface area contributed by atoms with Crippen LogP contribution in [0.5, 0.6) is 5.75 Å². The maximum absolute atomic E-state index is 9.23. The zero-order valence-electron chi connectivity index (χ0n) is 12.3. The zero-order valence-corrected chi connectivity index (χ0v) is 13.1. The quantitative estimate of drug-likeness (QED) is 0.820. The third-order valence-electron chi connectivity index (χ3n) is 3.58. The molecule has 1 aliphatic heterocycles. The van der Waals surface area contributed by atoms with Crippen molar-refractivity contribution in [3.63, 3.8) is 0 Å². The highest BCUT2D eigenvalue weighted by atomic mass is 35.5. The minimum Gasteiger partial charge on any atom is -0.488 e. The van der Waals surface area contributed by atoms with Gasteiger partial charge < -0.3 is 14.6 Å². The molecule has 0 saturated carbocycles. The van der Waals surface area contributed by atoms with Crippen LogP contribution in [0.25, 0.3) is 0 Å². The van der Waals surface area contributed by atoms with E-state index in [0.717, 1.165) is 18.7 Å². The lowest BCUT2D eigenvalue weighted by Gasteiger charge is -2.37. The van der Waals surface area contributed by atoms with Gasteiger partial charge in [0.15, 0.2) is 0 Å². The number of aliphatic hydroxyl groups excluding tert-OH is 1. The lowest BCUT2D eigenvalue weighted by atomic mass is 10.1. The maximum atomic E-state index is 9.23. The van der Waals surface area contributed by atoms with Crippen LogP contribution in [0.2, 0.25) is 5.02 Å². The molecule has 4 nitrogen and oxygen atoms in total. The molecule has 1 aliphatic rings. The number of aliphatic hydroxyl groups is 1. The van der Waals surface area contributed by atoms with Crippen LogP contribution in [0.3, 0.4) is 0 Å². The number of ether oxygens (including phenoxy) is 2. The SMILES string of the molecule is C=CCOc1ccc(CN2CC(CO)OCC2C)cc1Cl. The normalized spacial score (nSPS) is 23.0. The second-order valence-electron chi connectivity index (χ2n) is 5.28. The fourth-order valence-electron chi connectivity index (χ4n) is 2.35. The van der Waals surface area contributed by atoms with E-state index in [2.05, 4.69) is 18.4 Å². The number of halogens is 1.